The largest absolute Gasteiger partial charge is 0.497 e. The summed E-state index contributed by atoms with van der Waals surface area (Å²) in [7, 11) is 0.435. The first kappa shape index (κ1) is 14.9. The zero-order valence-corrected chi connectivity index (χ0v) is 13.6. The fraction of sp³-hybridized carbons (Fsp3) is 0.125. The molecular formula is C16H14N2O2S2. The maximum atomic E-state index is 12.4. The van der Waals surface area contributed by atoms with Gasteiger partial charge in [0, 0.05) is 10.5 Å². The number of methoxy groups -OCH3 is 1. The van der Waals surface area contributed by atoms with Gasteiger partial charge in [-0.2, -0.15) is 0 Å². The van der Waals surface area contributed by atoms with E-state index in [1.165, 1.54) is 11.3 Å². The van der Waals surface area contributed by atoms with Gasteiger partial charge in [-0.3, -0.25) is 4.21 Å². The topological polar surface area (TPSA) is 52.1 Å². The van der Waals surface area contributed by atoms with Crippen LogP contribution in [0.3, 0.4) is 0 Å². The Morgan fingerprint density at radius 1 is 1.09 bits per heavy atom. The van der Waals surface area contributed by atoms with Crippen LogP contribution in [0.1, 0.15) is 5.01 Å². The maximum Gasteiger partial charge on any atom is 0.147 e. The molecule has 0 unspecified atom stereocenters. The number of rotatable bonds is 5. The van der Waals surface area contributed by atoms with Gasteiger partial charge in [0.2, 0.25) is 0 Å². The summed E-state index contributed by atoms with van der Waals surface area (Å²) >= 11 is 1.47. The molecule has 22 heavy (non-hydrogen) atoms. The number of ether oxygens (including phenoxy) is 1. The fourth-order valence-corrected chi connectivity index (χ4v) is 4.07. The van der Waals surface area contributed by atoms with Gasteiger partial charge in [-0.1, -0.05) is 47.7 Å². The van der Waals surface area contributed by atoms with Crippen molar-refractivity contribution in [3.8, 4) is 16.3 Å². The zero-order chi connectivity index (χ0) is 15.4. The van der Waals surface area contributed by atoms with Gasteiger partial charge in [-0.25, -0.2) is 0 Å². The molecule has 1 heterocycles. The monoisotopic (exact) mass is 330 g/mol. The van der Waals surface area contributed by atoms with E-state index >= 15 is 0 Å². The minimum absolute atomic E-state index is 0.359. The molecule has 0 fully saturated rings. The van der Waals surface area contributed by atoms with Crippen molar-refractivity contribution in [1.82, 2.24) is 10.2 Å². The summed E-state index contributed by atoms with van der Waals surface area (Å²) in [6, 6.07) is 17.2. The Morgan fingerprint density at radius 2 is 1.91 bits per heavy atom. The number of benzene rings is 2. The molecule has 3 aromatic rings. The summed E-state index contributed by atoms with van der Waals surface area (Å²) in [5, 5.41) is 9.93. The van der Waals surface area contributed by atoms with E-state index < -0.39 is 10.8 Å². The van der Waals surface area contributed by atoms with Crippen molar-refractivity contribution in [3.05, 3.63) is 59.6 Å². The Bertz CT molecular complexity index is 788. The standard InChI is InChI=1S/C16H14N2O2S2/c1-20-13-8-5-9-14(10-13)22(19)11-15-17-18-16(21-15)12-6-3-2-4-7-12/h2-10H,11H2,1H3/t22-/m0/s1. The first-order chi connectivity index (χ1) is 10.8. The van der Waals surface area contributed by atoms with E-state index in [0.717, 1.165) is 20.5 Å². The highest BCUT2D eigenvalue weighted by molar-refractivity contribution is 7.84. The molecule has 112 valence electrons. The van der Waals surface area contributed by atoms with E-state index in [1.807, 2.05) is 48.5 Å². The van der Waals surface area contributed by atoms with E-state index in [9.17, 15) is 4.21 Å². The normalized spacial score (nSPS) is 12.0. The lowest BCUT2D eigenvalue weighted by Crippen LogP contribution is -1.96. The molecule has 0 saturated heterocycles. The van der Waals surface area contributed by atoms with Crippen LogP contribution in [0, 0.1) is 0 Å². The van der Waals surface area contributed by atoms with Crippen molar-refractivity contribution in [2.45, 2.75) is 10.6 Å². The van der Waals surface area contributed by atoms with Gasteiger partial charge in [0.1, 0.15) is 15.8 Å². The molecule has 0 aliphatic heterocycles. The van der Waals surface area contributed by atoms with Crippen molar-refractivity contribution in [1.29, 1.82) is 0 Å². The first-order valence-electron chi connectivity index (χ1n) is 6.66. The molecular weight excluding hydrogens is 316 g/mol. The van der Waals surface area contributed by atoms with Crippen molar-refractivity contribution in [2.24, 2.45) is 0 Å². The lowest BCUT2D eigenvalue weighted by molar-refractivity contribution is 0.413. The molecule has 1 atom stereocenters. The van der Waals surface area contributed by atoms with E-state index in [4.69, 9.17) is 4.74 Å². The molecule has 0 radical (unpaired) electrons. The highest BCUT2D eigenvalue weighted by atomic mass is 32.2. The second kappa shape index (κ2) is 6.81. The highest BCUT2D eigenvalue weighted by Gasteiger charge is 2.11. The molecule has 0 spiro atoms. The Labute approximate surface area is 135 Å². The molecule has 0 amide bonds. The average molecular weight is 330 g/mol. The number of hydrogen-bond donors (Lipinski definition) is 0. The van der Waals surface area contributed by atoms with Gasteiger partial charge in [-0.05, 0) is 18.2 Å². The van der Waals surface area contributed by atoms with Crippen LogP contribution in [0.15, 0.2) is 59.5 Å². The van der Waals surface area contributed by atoms with Gasteiger partial charge < -0.3 is 4.74 Å². The molecule has 0 N–H and O–H groups in total. The molecule has 4 nitrogen and oxygen atoms in total. The van der Waals surface area contributed by atoms with Crippen LogP contribution in [0.25, 0.3) is 10.6 Å². The van der Waals surface area contributed by atoms with Crippen molar-refractivity contribution in [3.63, 3.8) is 0 Å². The molecule has 3 rings (SSSR count). The van der Waals surface area contributed by atoms with Gasteiger partial charge in [-0.15, -0.1) is 10.2 Å². The van der Waals surface area contributed by atoms with Crippen LogP contribution >= 0.6 is 11.3 Å². The lowest BCUT2D eigenvalue weighted by atomic mass is 10.2. The SMILES string of the molecule is COc1cccc([S@@](=O)Cc2nnc(-c3ccccc3)s2)c1. The Hall–Kier alpha value is -2.05. The number of aromatic nitrogens is 2. The lowest BCUT2D eigenvalue weighted by Gasteiger charge is -2.03. The average Bonchev–Trinajstić information content (AvgIpc) is 3.04. The Morgan fingerprint density at radius 3 is 2.68 bits per heavy atom. The van der Waals surface area contributed by atoms with Crippen LogP contribution in [0.5, 0.6) is 5.75 Å². The van der Waals surface area contributed by atoms with Crippen molar-refractivity contribution >= 4 is 22.1 Å². The summed E-state index contributed by atoms with van der Waals surface area (Å²) in [6.45, 7) is 0. The third-order valence-corrected chi connectivity index (χ3v) is 5.52. The fourth-order valence-electron chi connectivity index (χ4n) is 1.95. The summed E-state index contributed by atoms with van der Waals surface area (Å²) in [5.41, 5.74) is 1.03. The van der Waals surface area contributed by atoms with Crippen LogP contribution in [-0.4, -0.2) is 21.5 Å². The van der Waals surface area contributed by atoms with E-state index in [1.54, 1.807) is 13.2 Å². The molecule has 0 bridgehead atoms. The van der Waals surface area contributed by atoms with Crippen LogP contribution in [-0.2, 0) is 16.6 Å². The predicted molar refractivity (Wildman–Crippen MR) is 88.5 cm³/mol. The summed E-state index contributed by atoms with van der Waals surface area (Å²) < 4.78 is 17.6. The maximum absolute atomic E-state index is 12.4. The molecule has 6 heteroatoms. The van der Waals surface area contributed by atoms with E-state index in [0.29, 0.717) is 11.5 Å². The van der Waals surface area contributed by atoms with Crippen LogP contribution < -0.4 is 4.74 Å². The van der Waals surface area contributed by atoms with Crippen LogP contribution in [0.2, 0.25) is 0 Å². The summed E-state index contributed by atoms with van der Waals surface area (Å²) in [6.07, 6.45) is 0. The molecule has 0 saturated carbocycles. The van der Waals surface area contributed by atoms with E-state index in [2.05, 4.69) is 10.2 Å². The molecule has 1 aromatic heterocycles. The third-order valence-electron chi connectivity index (χ3n) is 3.05. The second-order valence-corrected chi connectivity index (χ2v) is 7.05. The molecule has 2 aromatic carbocycles. The second-order valence-electron chi connectivity index (χ2n) is 4.54. The Balaban J connectivity index is 1.76. The summed E-state index contributed by atoms with van der Waals surface area (Å²) in [4.78, 5) is 0.732. The molecule has 0 aliphatic rings. The molecule has 0 aliphatic carbocycles. The van der Waals surface area contributed by atoms with Gasteiger partial charge in [0.15, 0.2) is 0 Å². The Kier molecular flexibility index (Phi) is 4.60. The number of hydrogen-bond acceptors (Lipinski definition) is 5. The number of nitrogens with zero attached hydrogens (tertiary/aromatic N) is 2. The third kappa shape index (κ3) is 3.40. The quantitative estimate of drug-likeness (QED) is 0.718. The summed E-state index contributed by atoms with van der Waals surface area (Å²) in [5.74, 6) is 1.06. The smallest absolute Gasteiger partial charge is 0.147 e. The van der Waals surface area contributed by atoms with Crippen molar-refractivity contribution in [2.75, 3.05) is 7.11 Å². The van der Waals surface area contributed by atoms with E-state index in [-0.39, 0.29) is 0 Å². The van der Waals surface area contributed by atoms with Gasteiger partial charge in [0.05, 0.1) is 23.7 Å². The predicted octanol–water partition coefficient (Wildman–Crippen LogP) is 3.52. The van der Waals surface area contributed by atoms with Gasteiger partial charge in [0.25, 0.3) is 0 Å². The minimum atomic E-state index is -1.16. The zero-order valence-electron chi connectivity index (χ0n) is 11.9. The van der Waals surface area contributed by atoms with Gasteiger partial charge >= 0.3 is 0 Å². The van der Waals surface area contributed by atoms with Crippen LogP contribution in [0.4, 0.5) is 0 Å². The van der Waals surface area contributed by atoms with Crippen molar-refractivity contribution < 1.29 is 8.95 Å². The first-order valence-corrected chi connectivity index (χ1v) is 8.80. The minimum Gasteiger partial charge on any atom is -0.497 e. The highest BCUT2D eigenvalue weighted by Crippen LogP contribution is 2.25.